The maximum Gasteiger partial charge on any atom is 0.321 e. The van der Waals surface area contributed by atoms with Gasteiger partial charge < -0.3 is 9.47 Å². The molecule has 0 saturated heterocycles. The highest BCUT2D eigenvalue weighted by Crippen LogP contribution is 2.04. The second-order valence-electron chi connectivity index (χ2n) is 3.06. The van der Waals surface area contributed by atoms with Gasteiger partial charge in [-0.3, -0.25) is 4.79 Å². The number of hydrogen-bond donors (Lipinski definition) is 1. The first-order chi connectivity index (χ1) is 7.24. The third-order valence-electron chi connectivity index (χ3n) is 1.82. The minimum Gasteiger partial charge on any atom is -0.460 e. The van der Waals surface area contributed by atoms with E-state index in [-0.39, 0.29) is 19.2 Å². The molecule has 0 N–H and O–H groups in total. The van der Waals surface area contributed by atoms with Crippen molar-refractivity contribution in [3.63, 3.8) is 0 Å². The number of carbonyl (C=O) groups is 1. The molecule has 3 nitrogen and oxygen atoms in total. The van der Waals surface area contributed by atoms with Gasteiger partial charge in [0, 0.05) is 7.11 Å². The molecule has 0 bridgehead atoms. The van der Waals surface area contributed by atoms with Crippen LogP contribution in [0.15, 0.2) is 30.3 Å². The third kappa shape index (κ3) is 4.36. The number of rotatable bonds is 5. The summed E-state index contributed by atoms with van der Waals surface area (Å²) in [4.78, 5) is 11.3. The molecular formula is C11H14O3S. The lowest BCUT2D eigenvalue weighted by Crippen LogP contribution is -2.22. The Morgan fingerprint density at radius 2 is 2.07 bits per heavy atom. The van der Waals surface area contributed by atoms with Crippen LogP contribution in [0.25, 0.3) is 0 Å². The lowest BCUT2D eigenvalue weighted by atomic mass is 10.2. The predicted octanol–water partition coefficient (Wildman–Crippen LogP) is 1.67. The zero-order valence-corrected chi connectivity index (χ0v) is 9.44. The molecule has 1 atom stereocenters. The maximum atomic E-state index is 11.3. The number of carbonyl (C=O) groups excluding carboxylic acids is 1. The quantitative estimate of drug-likeness (QED) is 0.613. The van der Waals surface area contributed by atoms with Crippen LogP contribution in [0, 0.1) is 0 Å². The summed E-state index contributed by atoms with van der Waals surface area (Å²) in [5.41, 5.74) is 0.962. The summed E-state index contributed by atoms with van der Waals surface area (Å²) in [6.45, 7) is 0.539. The van der Waals surface area contributed by atoms with Crippen molar-refractivity contribution < 1.29 is 14.3 Å². The van der Waals surface area contributed by atoms with Gasteiger partial charge in [0.15, 0.2) is 0 Å². The molecule has 0 amide bonds. The van der Waals surface area contributed by atoms with E-state index in [0.717, 1.165) is 5.56 Å². The van der Waals surface area contributed by atoms with Gasteiger partial charge in [-0.2, -0.15) is 12.6 Å². The molecule has 1 rings (SSSR count). The number of benzene rings is 1. The molecule has 0 radical (unpaired) electrons. The number of hydrogen-bond acceptors (Lipinski definition) is 4. The van der Waals surface area contributed by atoms with Gasteiger partial charge in [-0.1, -0.05) is 30.3 Å². The Labute approximate surface area is 94.8 Å². The van der Waals surface area contributed by atoms with E-state index in [1.54, 1.807) is 0 Å². The van der Waals surface area contributed by atoms with E-state index in [2.05, 4.69) is 12.6 Å². The lowest BCUT2D eigenvalue weighted by molar-refractivity contribution is -0.145. The van der Waals surface area contributed by atoms with Gasteiger partial charge in [-0.05, 0) is 5.56 Å². The van der Waals surface area contributed by atoms with Crippen LogP contribution in [0.1, 0.15) is 5.56 Å². The van der Waals surface area contributed by atoms with Gasteiger partial charge in [-0.15, -0.1) is 0 Å². The van der Waals surface area contributed by atoms with Crippen LogP contribution in [0.3, 0.4) is 0 Å². The molecule has 0 aromatic heterocycles. The predicted molar refractivity (Wildman–Crippen MR) is 60.9 cm³/mol. The molecule has 1 unspecified atom stereocenters. The summed E-state index contributed by atoms with van der Waals surface area (Å²) < 4.78 is 9.85. The van der Waals surface area contributed by atoms with Crippen LogP contribution in [0.2, 0.25) is 0 Å². The molecule has 0 saturated carbocycles. The molecular weight excluding hydrogens is 212 g/mol. The van der Waals surface area contributed by atoms with E-state index in [0.29, 0.717) is 0 Å². The summed E-state index contributed by atoms with van der Waals surface area (Å²) in [5.74, 6) is -0.357. The van der Waals surface area contributed by atoms with Crippen molar-refractivity contribution in [3.05, 3.63) is 35.9 Å². The molecule has 0 spiro atoms. The smallest absolute Gasteiger partial charge is 0.321 e. The fraction of sp³-hybridized carbons (Fsp3) is 0.364. The van der Waals surface area contributed by atoms with Crippen LogP contribution in [-0.2, 0) is 20.9 Å². The number of ether oxygens (including phenoxy) is 2. The Morgan fingerprint density at radius 1 is 1.40 bits per heavy atom. The second kappa shape index (κ2) is 6.48. The molecule has 1 aromatic rings. The maximum absolute atomic E-state index is 11.3. The van der Waals surface area contributed by atoms with Crippen molar-refractivity contribution in [1.29, 1.82) is 0 Å². The van der Waals surface area contributed by atoms with E-state index in [1.807, 2.05) is 30.3 Å². The van der Waals surface area contributed by atoms with Crippen LogP contribution in [-0.4, -0.2) is 24.9 Å². The van der Waals surface area contributed by atoms with Crippen molar-refractivity contribution >= 4 is 18.6 Å². The molecule has 0 heterocycles. The fourth-order valence-electron chi connectivity index (χ4n) is 1.05. The molecule has 0 aliphatic rings. The molecule has 1 aromatic carbocycles. The van der Waals surface area contributed by atoms with Crippen molar-refractivity contribution in [1.82, 2.24) is 0 Å². The summed E-state index contributed by atoms with van der Waals surface area (Å²) in [6.07, 6.45) is 0. The van der Waals surface area contributed by atoms with Gasteiger partial charge in [0.05, 0.1) is 6.61 Å². The van der Waals surface area contributed by atoms with Crippen molar-refractivity contribution in [3.8, 4) is 0 Å². The Kier molecular flexibility index (Phi) is 5.21. The molecule has 4 heteroatoms. The first-order valence-corrected chi connectivity index (χ1v) is 5.13. The highest BCUT2D eigenvalue weighted by molar-refractivity contribution is 7.81. The van der Waals surface area contributed by atoms with Crippen molar-refractivity contribution in [2.24, 2.45) is 0 Å². The fourth-order valence-corrected chi connectivity index (χ4v) is 1.27. The minimum atomic E-state index is -0.515. The Morgan fingerprint density at radius 3 is 2.67 bits per heavy atom. The average molecular weight is 226 g/mol. The topological polar surface area (TPSA) is 35.5 Å². The Balaban J connectivity index is 2.34. The van der Waals surface area contributed by atoms with E-state index in [1.165, 1.54) is 7.11 Å². The molecule has 0 fully saturated rings. The van der Waals surface area contributed by atoms with Gasteiger partial charge in [-0.25, -0.2) is 0 Å². The molecule has 15 heavy (non-hydrogen) atoms. The molecule has 0 aliphatic carbocycles. The monoisotopic (exact) mass is 226 g/mol. The van der Waals surface area contributed by atoms with Gasteiger partial charge in [0.1, 0.15) is 11.9 Å². The number of methoxy groups -OCH3 is 1. The summed E-state index contributed by atoms with van der Waals surface area (Å²) in [7, 11) is 1.52. The summed E-state index contributed by atoms with van der Waals surface area (Å²) >= 11 is 4.05. The average Bonchev–Trinajstić information content (AvgIpc) is 2.27. The number of esters is 1. The van der Waals surface area contributed by atoms with E-state index >= 15 is 0 Å². The first kappa shape index (κ1) is 12.1. The Hall–Kier alpha value is -1.00. The summed E-state index contributed by atoms with van der Waals surface area (Å²) in [6, 6.07) is 9.51. The van der Waals surface area contributed by atoms with E-state index in [9.17, 15) is 4.79 Å². The number of thiol groups is 1. The van der Waals surface area contributed by atoms with Crippen molar-refractivity contribution in [2.75, 3.05) is 13.7 Å². The normalized spacial score (nSPS) is 12.1. The van der Waals surface area contributed by atoms with Crippen molar-refractivity contribution in [2.45, 2.75) is 11.9 Å². The van der Waals surface area contributed by atoms with Crippen LogP contribution < -0.4 is 0 Å². The van der Waals surface area contributed by atoms with E-state index in [4.69, 9.17) is 9.47 Å². The zero-order chi connectivity index (χ0) is 11.1. The van der Waals surface area contributed by atoms with E-state index < -0.39 is 5.25 Å². The second-order valence-corrected chi connectivity index (χ2v) is 3.69. The third-order valence-corrected chi connectivity index (χ3v) is 2.18. The van der Waals surface area contributed by atoms with Gasteiger partial charge in [0.2, 0.25) is 0 Å². The Bertz CT molecular complexity index is 300. The minimum absolute atomic E-state index is 0.261. The van der Waals surface area contributed by atoms with Crippen LogP contribution in [0.5, 0.6) is 0 Å². The first-order valence-electron chi connectivity index (χ1n) is 4.61. The standard InChI is InChI=1S/C11H14O3S/c1-13-8-10(15)11(12)14-7-9-5-3-2-4-6-9/h2-6,10,15H,7-8H2,1H3. The van der Waals surface area contributed by atoms with Crippen LogP contribution >= 0.6 is 12.6 Å². The lowest BCUT2D eigenvalue weighted by Gasteiger charge is -2.09. The highest BCUT2D eigenvalue weighted by atomic mass is 32.1. The summed E-state index contributed by atoms with van der Waals surface area (Å²) in [5, 5.41) is -0.515. The molecule has 82 valence electrons. The largest absolute Gasteiger partial charge is 0.460 e. The highest BCUT2D eigenvalue weighted by Gasteiger charge is 2.14. The zero-order valence-electron chi connectivity index (χ0n) is 8.55. The van der Waals surface area contributed by atoms with Gasteiger partial charge in [0.25, 0.3) is 0 Å². The SMILES string of the molecule is COCC(S)C(=O)OCc1ccccc1. The van der Waals surface area contributed by atoms with Crippen LogP contribution in [0.4, 0.5) is 0 Å². The van der Waals surface area contributed by atoms with Gasteiger partial charge >= 0.3 is 5.97 Å². The molecule has 0 aliphatic heterocycles.